The highest BCUT2D eigenvalue weighted by molar-refractivity contribution is 6.35. The fourth-order valence-electron chi connectivity index (χ4n) is 5.35. The van der Waals surface area contributed by atoms with E-state index in [2.05, 4.69) is 16.3 Å². The first-order chi connectivity index (χ1) is 19.1. The molecular formula is C32H28ClN3O3. The molecule has 0 spiro atoms. The van der Waals surface area contributed by atoms with Gasteiger partial charge in [-0.15, -0.1) is 0 Å². The number of hydrogen-bond donors (Lipinski definition) is 1. The first kappa shape index (κ1) is 25.3. The van der Waals surface area contributed by atoms with Crippen LogP contribution in [-0.4, -0.2) is 49.1 Å². The second kappa shape index (κ2) is 11.0. The van der Waals surface area contributed by atoms with Crippen LogP contribution in [0.1, 0.15) is 26.3 Å². The third kappa shape index (κ3) is 5.19. The molecule has 7 heteroatoms. The minimum Gasteiger partial charge on any atom is -0.378 e. The summed E-state index contributed by atoms with van der Waals surface area (Å²) in [6, 6.07) is 30.4. The Kier molecular flexibility index (Phi) is 7.16. The molecule has 4 aromatic carbocycles. The number of nitrogens with zero attached hydrogens (tertiary/aromatic N) is 2. The number of nitrogens with one attached hydrogen (secondary N) is 1. The van der Waals surface area contributed by atoms with E-state index in [4.69, 9.17) is 16.3 Å². The Bertz CT molecular complexity index is 1520. The van der Waals surface area contributed by atoms with Gasteiger partial charge in [-0.05, 0) is 47.0 Å². The topological polar surface area (TPSA) is 61.9 Å². The van der Waals surface area contributed by atoms with Crippen LogP contribution < -0.4 is 10.2 Å². The van der Waals surface area contributed by atoms with Crippen molar-refractivity contribution in [3.8, 4) is 11.1 Å². The first-order valence-electron chi connectivity index (χ1n) is 13.1. The molecule has 6 nitrogen and oxygen atoms in total. The molecule has 1 fully saturated rings. The number of benzene rings is 4. The summed E-state index contributed by atoms with van der Waals surface area (Å²) in [6.07, 6.45) is 0. The average Bonchev–Trinajstić information content (AvgIpc) is 3.14. The fourth-order valence-corrected chi connectivity index (χ4v) is 5.62. The van der Waals surface area contributed by atoms with Gasteiger partial charge in [-0.25, -0.2) is 0 Å². The van der Waals surface area contributed by atoms with E-state index in [-0.39, 0.29) is 22.9 Å². The van der Waals surface area contributed by atoms with Crippen molar-refractivity contribution in [2.45, 2.75) is 12.6 Å². The van der Waals surface area contributed by atoms with Gasteiger partial charge in [0.2, 0.25) is 0 Å². The number of rotatable bonds is 4. The summed E-state index contributed by atoms with van der Waals surface area (Å²) in [5.41, 5.74) is 5.26. The van der Waals surface area contributed by atoms with Gasteiger partial charge >= 0.3 is 0 Å². The molecule has 1 N–H and O–H groups in total. The van der Waals surface area contributed by atoms with E-state index < -0.39 is 0 Å². The molecule has 2 amide bonds. The Morgan fingerprint density at radius 2 is 1.64 bits per heavy atom. The number of para-hydroxylation sites is 1. The number of ether oxygens (including phenoxy) is 1. The highest BCUT2D eigenvalue weighted by Crippen LogP contribution is 2.32. The number of fused-ring (bicyclic) bond motifs is 2. The normalized spacial score (nSPS) is 17.1. The van der Waals surface area contributed by atoms with Gasteiger partial charge in [-0.2, -0.15) is 0 Å². The molecule has 1 atom stereocenters. The Balaban J connectivity index is 1.25. The predicted octanol–water partition coefficient (Wildman–Crippen LogP) is 6.12. The van der Waals surface area contributed by atoms with Gasteiger partial charge in [0.25, 0.3) is 11.8 Å². The first-order valence-corrected chi connectivity index (χ1v) is 13.4. The summed E-state index contributed by atoms with van der Waals surface area (Å²) in [5, 5.41) is 3.23. The van der Waals surface area contributed by atoms with E-state index >= 15 is 0 Å². The zero-order valence-electron chi connectivity index (χ0n) is 21.3. The Morgan fingerprint density at radius 3 is 2.49 bits per heavy atom. The summed E-state index contributed by atoms with van der Waals surface area (Å²) in [7, 11) is 0. The van der Waals surface area contributed by atoms with Gasteiger partial charge < -0.3 is 15.0 Å². The molecule has 2 aliphatic heterocycles. The molecule has 0 bridgehead atoms. The maximum atomic E-state index is 13.9. The number of carbonyl (C=O) groups excluding carboxylic acids is 2. The van der Waals surface area contributed by atoms with Crippen LogP contribution in [-0.2, 0) is 11.3 Å². The van der Waals surface area contributed by atoms with Crippen molar-refractivity contribution in [1.29, 1.82) is 0 Å². The fraction of sp³-hybridized carbons (Fsp3) is 0.188. The number of amides is 2. The number of carbonyl (C=O) groups is 2. The van der Waals surface area contributed by atoms with Crippen LogP contribution in [0, 0.1) is 0 Å². The summed E-state index contributed by atoms with van der Waals surface area (Å²) in [4.78, 5) is 31.3. The molecule has 0 saturated carbocycles. The lowest BCUT2D eigenvalue weighted by Gasteiger charge is -2.35. The molecule has 39 heavy (non-hydrogen) atoms. The van der Waals surface area contributed by atoms with E-state index in [1.165, 1.54) is 0 Å². The number of anilines is 2. The van der Waals surface area contributed by atoms with Crippen LogP contribution in [0.2, 0.25) is 5.02 Å². The van der Waals surface area contributed by atoms with Crippen molar-refractivity contribution in [1.82, 2.24) is 4.90 Å². The van der Waals surface area contributed by atoms with Crippen LogP contribution in [0.25, 0.3) is 11.1 Å². The van der Waals surface area contributed by atoms with Crippen molar-refractivity contribution >= 4 is 34.8 Å². The number of halogens is 1. The number of morpholine rings is 1. The van der Waals surface area contributed by atoms with Gasteiger partial charge in [0.05, 0.1) is 29.8 Å². The molecule has 4 aromatic rings. The predicted molar refractivity (Wildman–Crippen MR) is 154 cm³/mol. The van der Waals surface area contributed by atoms with Crippen molar-refractivity contribution in [3.63, 3.8) is 0 Å². The van der Waals surface area contributed by atoms with E-state index in [1.54, 1.807) is 24.3 Å². The molecule has 0 aliphatic carbocycles. The van der Waals surface area contributed by atoms with Gasteiger partial charge in [0.1, 0.15) is 0 Å². The van der Waals surface area contributed by atoms with Gasteiger partial charge in [-0.3, -0.25) is 14.5 Å². The molecule has 2 heterocycles. The van der Waals surface area contributed by atoms with E-state index in [0.29, 0.717) is 36.6 Å². The van der Waals surface area contributed by atoms with E-state index in [0.717, 1.165) is 35.5 Å². The zero-order chi connectivity index (χ0) is 26.8. The van der Waals surface area contributed by atoms with Crippen molar-refractivity contribution in [2.24, 2.45) is 0 Å². The van der Waals surface area contributed by atoms with Gasteiger partial charge in [-0.1, -0.05) is 78.3 Å². The SMILES string of the molecule is O=C(Nc1ccc(C(=O)N2CC3COCCN3Cc3ccccc32)c(Cl)c1)c1ccccc1-c1ccccc1. The van der Waals surface area contributed by atoms with Crippen LogP contribution in [0.5, 0.6) is 0 Å². The lowest BCUT2D eigenvalue weighted by atomic mass is 9.99. The van der Waals surface area contributed by atoms with Crippen LogP contribution in [0.15, 0.2) is 97.1 Å². The van der Waals surface area contributed by atoms with E-state index in [9.17, 15) is 9.59 Å². The Labute approximate surface area is 232 Å². The molecule has 1 saturated heterocycles. The minimum absolute atomic E-state index is 0.108. The molecule has 0 radical (unpaired) electrons. The van der Waals surface area contributed by atoms with Crippen molar-refractivity contribution < 1.29 is 14.3 Å². The Hall–Kier alpha value is -3.97. The molecule has 196 valence electrons. The molecule has 1 unspecified atom stereocenters. The molecular weight excluding hydrogens is 510 g/mol. The standard InChI is InChI=1S/C32H28ClN3O3/c33-29-18-24(34-31(37)27-12-6-5-11-26(27)22-8-2-1-3-9-22)14-15-28(29)32(38)36-20-25-21-39-17-16-35(25)19-23-10-4-7-13-30(23)36/h1-15,18,25H,16-17,19-21H2,(H,34,37). The highest BCUT2D eigenvalue weighted by atomic mass is 35.5. The highest BCUT2D eigenvalue weighted by Gasteiger charge is 2.33. The number of hydrogen-bond acceptors (Lipinski definition) is 4. The second-order valence-corrected chi connectivity index (χ2v) is 10.2. The molecule has 2 aliphatic rings. The largest absolute Gasteiger partial charge is 0.378 e. The maximum absolute atomic E-state index is 13.9. The summed E-state index contributed by atoms with van der Waals surface area (Å²) >= 11 is 6.67. The summed E-state index contributed by atoms with van der Waals surface area (Å²) in [5.74, 6) is -0.421. The van der Waals surface area contributed by atoms with Crippen LogP contribution in [0.3, 0.4) is 0 Å². The minimum atomic E-state index is -0.247. The second-order valence-electron chi connectivity index (χ2n) is 9.80. The lowest BCUT2D eigenvalue weighted by Crippen LogP contribution is -2.50. The Morgan fingerprint density at radius 1 is 0.872 bits per heavy atom. The smallest absolute Gasteiger partial charge is 0.259 e. The van der Waals surface area contributed by atoms with Crippen molar-refractivity contribution in [2.75, 3.05) is 36.5 Å². The van der Waals surface area contributed by atoms with E-state index in [1.807, 2.05) is 71.6 Å². The third-order valence-corrected chi connectivity index (χ3v) is 7.67. The summed E-state index contributed by atoms with van der Waals surface area (Å²) in [6.45, 7) is 3.41. The molecule has 0 aromatic heterocycles. The van der Waals surface area contributed by atoms with Crippen LogP contribution >= 0.6 is 11.6 Å². The maximum Gasteiger partial charge on any atom is 0.259 e. The van der Waals surface area contributed by atoms with Gasteiger partial charge in [0.15, 0.2) is 0 Å². The lowest BCUT2D eigenvalue weighted by molar-refractivity contribution is -0.00653. The van der Waals surface area contributed by atoms with Crippen molar-refractivity contribution in [3.05, 3.63) is 119 Å². The zero-order valence-corrected chi connectivity index (χ0v) is 22.1. The average molecular weight is 538 g/mol. The van der Waals surface area contributed by atoms with Gasteiger partial charge in [0, 0.05) is 36.6 Å². The van der Waals surface area contributed by atoms with Crippen LogP contribution in [0.4, 0.5) is 11.4 Å². The molecule has 6 rings (SSSR count). The summed E-state index contributed by atoms with van der Waals surface area (Å²) < 4.78 is 5.73. The monoisotopic (exact) mass is 537 g/mol. The third-order valence-electron chi connectivity index (χ3n) is 7.36. The quantitative estimate of drug-likeness (QED) is 0.341.